The van der Waals surface area contributed by atoms with Gasteiger partial charge >= 0.3 is 17.2 Å². The van der Waals surface area contributed by atoms with Crippen LogP contribution in [-0.2, 0) is 57.1 Å². The van der Waals surface area contributed by atoms with Crippen molar-refractivity contribution < 1.29 is 31.9 Å². The lowest BCUT2D eigenvalue weighted by atomic mass is 9.80. The Kier molecular flexibility index (Phi) is 19.0. The Bertz CT molecular complexity index is 2060. The van der Waals surface area contributed by atoms with E-state index in [1.165, 1.54) is 22.3 Å². The van der Waals surface area contributed by atoms with E-state index >= 15 is 0 Å². The Morgan fingerprint density at radius 2 is 0.507 bits per heavy atom. The quantitative estimate of drug-likeness (QED) is 0.104. The third kappa shape index (κ3) is 17.5. The first kappa shape index (κ1) is 60.4. The van der Waals surface area contributed by atoms with Crippen LogP contribution in [0.25, 0.3) is 0 Å². The highest BCUT2D eigenvalue weighted by atomic mass is 31.2. The third-order valence-electron chi connectivity index (χ3n) is 12.5. The van der Waals surface area contributed by atoms with E-state index in [1.54, 1.807) is 0 Å². The van der Waals surface area contributed by atoms with Crippen molar-refractivity contribution in [3.8, 4) is 23.0 Å². The Balaban J connectivity index is 1.66. The first-order valence-electron chi connectivity index (χ1n) is 25.9. The van der Waals surface area contributed by atoms with Gasteiger partial charge in [-0.1, -0.05) is 215 Å². The number of hydrogen-bond donors (Lipinski definition) is 0. The van der Waals surface area contributed by atoms with E-state index in [1.807, 2.05) is 13.8 Å². The molecule has 0 radical (unpaired) electrons. The SMILES string of the molecule is CC(COCC(C)OP(Oc1ccc(C(C)(C)C)cc1C(C)(C)C)Oc1ccc(C(C)(C)C)cc1C(C)(C)C)OP(Oc1ccc(C(C)(C)C)cc1C(C)(C)C)Oc1ccc(C(C)(C)C)cc1C(C)(C)C. The molecule has 396 valence electrons. The lowest BCUT2D eigenvalue weighted by molar-refractivity contribution is 0.0145. The molecule has 4 aromatic carbocycles. The minimum absolute atomic E-state index is 0.0288. The fourth-order valence-electron chi connectivity index (χ4n) is 7.85. The molecule has 0 N–H and O–H groups in total. The minimum Gasteiger partial charge on any atom is -0.417 e. The second kappa shape index (κ2) is 22.3. The van der Waals surface area contributed by atoms with Gasteiger partial charge in [0.25, 0.3) is 0 Å². The van der Waals surface area contributed by atoms with Crippen LogP contribution in [0.5, 0.6) is 23.0 Å². The molecule has 0 bridgehead atoms. The van der Waals surface area contributed by atoms with Crippen LogP contribution in [0, 0.1) is 0 Å². The molecule has 0 saturated heterocycles. The van der Waals surface area contributed by atoms with Crippen LogP contribution in [0.4, 0.5) is 0 Å². The lowest BCUT2D eigenvalue weighted by Crippen LogP contribution is -2.23. The zero-order valence-corrected chi connectivity index (χ0v) is 51.0. The molecule has 7 nitrogen and oxygen atoms in total. The summed E-state index contributed by atoms with van der Waals surface area (Å²) in [5.41, 5.74) is 8.44. The Labute approximate surface area is 436 Å². The number of hydrogen-bond acceptors (Lipinski definition) is 7. The molecule has 2 unspecified atom stereocenters. The van der Waals surface area contributed by atoms with Gasteiger partial charge in [0, 0.05) is 22.3 Å². The summed E-state index contributed by atoms with van der Waals surface area (Å²) in [6.07, 6.45) is -0.792. The molecule has 9 heteroatoms. The van der Waals surface area contributed by atoms with E-state index in [4.69, 9.17) is 31.9 Å². The zero-order valence-electron chi connectivity index (χ0n) is 49.2. The lowest BCUT2D eigenvalue weighted by Gasteiger charge is -2.31. The molecule has 4 rings (SSSR count). The van der Waals surface area contributed by atoms with Crippen LogP contribution in [0.2, 0.25) is 0 Å². The number of benzene rings is 4. The molecule has 0 amide bonds. The van der Waals surface area contributed by atoms with Gasteiger partial charge in [0.1, 0.15) is 23.0 Å². The van der Waals surface area contributed by atoms with E-state index in [0.717, 1.165) is 45.3 Å². The highest BCUT2D eigenvalue weighted by Gasteiger charge is 2.33. The van der Waals surface area contributed by atoms with E-state index in [0.29, 0.717) is 0 Å². The van der Waals surface area contributed by atoms with E-state index < -0.39 is 29.4 Å². The maximum absolute atomic E-state index is 6.90. The van der Waals surface area contributed by atoms with Gasteiger partial charge in [-0.05, 0) is 104 Å². The van der Waals surface area contributed by atoms with Gasteiger partial charge in [0.2, 0.25) is 0 Å². The minimum atomic E-state index is -1.95. The summed E-state index contributed by atoms with van der Waals surface area (Å²) in [6.45, 7) is 58.0. The fourth-order valence-corrected chi connectivity index (χ4v) is 10.1. The van der Waals surface area contributed by atoms with E-state index in [2.05, 4.69) is 239 Å². The van der Waals surface area contributed by atoms with Crippen molar-refractivity contribution in [3.63, 3.8) is 0 Å². The maximum atomic E-state index is 6.90. The van der Waals surface area contributed by atoms with E-state index in [9.17, 15) is 0 Å². The van der Waals surface area contributed by atoms with Crippen molar-refractivity contribution >= 4 is 17.2 Å². The van der Waals surface area contributed by atoms with Crippen molar-refractivity contribution in [2.24, 2.45) is 0 Å². The molecule has 0 aliphatic rings. The summed E-state index contributed by atoms with van der Waals surface area (Å²) in [5, 5.41) is 0. The van der Waals surface area contributed by atoms with Gasteiger partial charge < -0.3 is 22.8 Å². The molecule has 71 heavy (non-hydrogen) atoms. The van der Waals surface area contributed by atoms with Crippen molar-refractivity contribution in [2.45, 2.75) is 236 Å². The Morgan fingerprint density at radius 3 is 0.676 bits per heavy atom. The topological polar surface area (TPSA) is 64.6 Å². The molecule has 0 spiro atoms. The van der Waals surface area contributed by atoms with Gasteiger partial charge in [-0.25, -0.2) is 0 Å². The summed E-state index contributed by atoms with van der Waals surface area (Å²) >= 11 is 0. The van der Waals surface area contributed by atoms with Crippen LogP contribution in [0.15, 0.2) is 72.8 Å². The van der Waals surface area contributed by atoms with Crippen LogP contribution in [0.3, 0.4) is 0 Å². The van der Waals surface area contributed by atoms with Crippen molar-refractivity contribution in [3.05, 3.63) is 117 Å². The first-order valence-corrected chi connectivity index (χ1v) is 28.1. The van der Waals surface area contributed by atoms with Gasteiger partial charge in [0.05, 0.1) is 25.4 Å². The number of rotatable bonds is 16. The van der Waals surface area contributed by atoms with Gasteiger partial charge in [-0.2, -0.15) is 0 Å². The highest BCUT2D eigenvalue weighted by Crippen LogP contribution is 2.51. The zero-order chi connectivity index (χ0) is 54.1. The second-order valence-electron chi connectivity index (χ2n) is 28.0. The third-order valence-corrected chi connectivity index (χ3v) is 15.0. The predicted octanol–water partition coefficient (Wildman–Crippen LogP) is 19.0. The van der Waals surface area contributed by atoms with E-state index in [-0.39, 0.29) is 56.5 Å². The van der Waals surface area contributed by atoms with Gasteiger partial charge in [-0.15, -0.1) is 0 Å². The fraction of sp³-hybridized carbons (Fsp3) is 0.613. The van der Waals surface area contributed by atoms with Crippen molar-refractivity contribution in [1.29, 1.82) is 0 Å². The molecule has 4 aromatic rings. The summed E-state index contributed by atoms with van der Waals surface area (Å²) < 4.78 is 47.6. The van der Waals surface area contributed by atoms with Crippen LogP contribution >= 0.6 is 17.2 Å². The smallest absolute Gasteiger partial charge is 0.417 e. The molecule has 0 fully saturated rings. The molecule has 2 atom stereocenters. The van der Waals surface area contributed by atoms with Gasteiger partial charge in [-0.3, -0.25) is 9.05 Å². The summed E-state index contributed by atoms with van der Waals surface area (Å²) in [4.78, 5) is 0. The van der Waals surface area contributed by atoms with Crippen LogP contribution < -0.4 is 18.1 Å². The molecule has 0 heterocycles. The standard InChI is InChI=1S/C62H96O7P2/c1-41(64-70(66-51-31-27-43(55(3,4)5)35-47(51)59(15,16)17)67-52-32-28-44(56(6,7)8)36-48(52)60(18,19)20)39-63-40-42(2)65-71(68-53-33-29-45(57(9,10)11)37-49(53)61(21,22)23)69-54-34-30-46(58(12,13)14)38-50(54)62(24,25)26/h27-38,41-42H,39-40H2,1-26H3. The molecular formula is C62H96O7P2. The second-order valence-corrected chi connectivity index (χ2v) is 30.1. The summed E-state index contributed by atoms with van der Waals surface area (Å²) in [6, 6.07) is 26.0. The predicted molar refractivity (Wildman–Crippen MR) is 304 cm³/mol. The van der Waals surface area contributed by atoms with Crippen LogP contribution in [-0.4, -0.2) is 25.4 Å². The van der Waals surface area contributed by atoms with Crippen LogP contribution in [0.1, 0.15) is 225 Å². The number of ether oxygens (including phenoxy) is 1. The highest BCUT2D eigenvalue weighted by molar-refractivity contribution is 7.42. The maximum Gasteiger partial charge on any atom is 0.463 e. The molecule has 0 saturated carbocycles. The Hall–Kier alpha value is -3.18. The van der Waals surface area contributed by atoms with Crippen molar-refractivity contribution in [2.75, 3.05) is 13.2 Å². The molecule has 0 aliphatic carbocycles. The Morgan fingerprint density at radius 1 is 0.310 bits per heavy atom. The average Bonchev–Trinajstić information content (AvgIpc) is 3.18. The average molecular weight is 1020 g/mol. The summed E-state index contributed by atoms with van der Waals surface area (Å²) in [5.74, 6) is 2.98. The monoisotopic (exact) mass is 1010 g/mol. The summed E-state index contributed by atoms with van der Waals surface area (Å²) in [7, 11) is -3.90. The first-order chi connectivity index (χ1) is 32.0. The molecule has 0 aliphatic heterocycles. The van der Waals surface area contributed by atoms with Gasteiger partial charge in [0.15, 0.2) is 0 Å². The normalized spacial score (nSPS) is 14.5. The molecular weight excluding hydrogens is 919 g/mol. The van der Waals surface area contributed by atoms with Crippen molar-refractivity contribution in [1.82, 2.24) is 0 Å². The largest absolute Gasteiger partial charge is 0.463 e. The molecule has 0 aromatic heterocycles.